The molecule has 0 bridgehead atoms. The SMILES string of the molecule is C=CCC1(C(C)CCC)C(=O)NC(=O)NC1=O.Nc1nc(=O)c2ncn(CCC(CO)CO)c2[nH]1. The van der Waals surface area contributed by atoms with Gasteiger partial charge in [-0.2, -0.15) is 4.98 Å². The van der Waals surface area contributed by atoms with Gasteiger partial charge in [-0.25, -0.2) is 9.78 Å². The van der Waals surface area contributed by atoms with E-state index < -0.39 is 28.8 Å². The number of amides is 4. The van der Waals surface area contributed by atoms with E-state index in [-0.39, 0.29) is 42.9 Å². The van der Waals surface area contributed by atoms with Crippen LogP contribution >= 0.6 is 0 Å². The number of barbiturate groups is 1. The fraction of sp³-hybridized carbons (Fsp3) is 0.545. The Hall–Kier alpha value is -3.58. The predicted octanol–water partition coefficient (Wildman–Crippen LogP) is 0.0438. The first-order chi connectivity index (χ1) is 16.6. The number of urea groups is 1. The largest absolute Gasteiger partial charge is 0.396 e. The van der Waals surface area contributed by atoms with Gasteiger partial charge in [0.25, 0.3) is 0 Å². The predicted molar refractivity (Wildman–Crippen MR) is 128 cm³/mol. The van der Waals surface area contributed by atoms with Crippen molar-refractivity contribution < 1.29 is 24.6 Å². The van der Waals surface area contributed by atoms with Crippen molar-refractivity contribution >= 4 is 35.0 Å². The Morgan fingerprint density at radius 3 is 2.34 bits per heavy atom. The van der Waals surface area contributed by atoms with Crippen molar-refractivity contribution in [2.45, 2.75) is 46.1 Å². The molecule has 1 saturated heterocycles. The Morgan fingerprint density at radius 2 is 1.80 bits per heavy atom. The molecular weight excluding hydrogens is 458 g/mol. The number of rotatable bonds is 10. The van der Waals surface area contributed by atoms with Crippen LogP contribution in [0, 0.1) is 17.3 Å². The Labute approximate surface area is 201 Å². The minimum Gasteiger partial charge on any atom is -0.396 e. The van der Waals surface area contributed by atoms with Gasteiger partial charge >= 0.3 is 11.6 Å². The van der Waals surface area contributed by atoms with Crippen LogP contribution in [0.15, 0.2) is 23.8 Å². The van der Waals surface area contributed by atoms with Crippen molar-refractivity contribution in [3.63, 3.8) is 0 Å². The number of anilines is 1. The number of nitrogens with one attached hydrogen (secondary N) is 3. The third-order valence-electron chi connectivity index (χ3n) is 6.10. The van der Waals surface area contributed by atoms with Gasteiger partial charge in [-0.15, -0.1) is 6.58 Å². The number of hydrogen-bond acceptors (Lipinski definition) is 9. The Morgan fingerprint density at radius 1 is 1.17 bits per heavy atom. The highest BCUT2D eigenvalue weighted by atomic mass is 16.3. The molecule has 192 valence electrons. The number of nitrogens with two attached hydrogens (primary N) is 1. The normalized spacial score (nSPS) is 15.9. The van der Waals surface area contributed by atoms with Gasteiger partial charge in [-0.05, 0) is 25.2 Å². The molecular formula is C22H33N7O6. The molecule has 13 nitrogen and oxygen atoms in total. The molecule has 0 saturated carbocycles. The lowest BCUT2D eigenvalue weighted by molar-refractivity contribution is -0.148. The average Bonchev–Trinajstić information content (AvgIpc) is 3.20. The van der Waals surface area contributed by atoms with Crippen LogP contribution in [0.5, 0.6) is 0 Å². The smallest absolute Gasteiger partial charge is 0.328 e. The van der Waals surface area contributed by atoms with Crippen LogP contribution in [-0.2, 0) is 16.1 Å². The van der Waals surface area contributed by atoms with Crippen LogP contribution < -0.4 is 21.9 Å². The van der Waals surface area contributed by atoms with Gasteiger partial charge in [0, 0.05) is 25.7 Å². The highest BCUT2D eigenvalue weighted by molar-refractivity contribution is 6.19. The summed E-state index contributed by atoms with van der Waals surface area (Å²) in [5.41, 5.74) is 4.53. The number of hydrogen-bond donors (Lipinski definition) is 6. The fourth-order valence-corrected chi connectivity index (χ4v) is 4.02. The number of fused-ring (bicyclic) bond motifs is 1. The van der Waals surface area contributed by atoms with E-state index in [0.717, 1.165) is 12.8 Å². The number of carbonyl (C=O) groups excluding carboxylic acids is 3. The van der Waals surface area contributed by atoms with E-state index in [1.807, 2.05) is 13.8 Å². The van der Waals surface area contributed by atoms with Crippen molar-refractivity contribution in [1.82, 2.24) is 30.2 Å². The van der Waals surface area contributed by atoms with Crippen molar-refractivity contribution in [3.8, 4) is 0 Å². The summed E-state index contributed by atoms with van der Waals surface area (Å²) in [6.07, 6.45) is 5.47. The first-order valence-corrected chi connectivity index (χ1v) is 11.3. The van der Waals surface area contributed by atoms with Crippen molar-refractivity contribution in [3.05, 3.63) is 29.3 Å². The zero-order valence-corrected chi connectivity index (χ0v) is 19.9. The molecule has 3 heterocycles. The van der Waals surface area contributed by atoms with Gasteiger partial charge in [-0.3, -0.25) is 25.0 Å². The molecule has 7 N–H and O–H groups in total. The number of aromatic amines is 1. The first-order valence-electron chi connectivity index (χ1n) is 11.3. The molecule has 13 heteroatoms. The summed E-state index contributed by atoms with van der Waals surface area (Å²) in [7, 11) is 0. The van der Waals surface area contributed by atoms with Crippen molar-refractivity contribution in [2.75, 3.05) is 18.9 Å². The molecule has 1 unspecified atom stereocenters. The molecule has 0 radical (unpaired) electrons. The van der Waals surface area contributed by atoms with Gasteiger partial charge in [0.2, 0.25) is 17.8 Å². The number of H-pyrrole nitrogens is 1. The molecule has 1 atom stereocenters. The summed E-state index contributed by atoms with van der Waals surface area (Å²) >= 11 is 0. The molecule has 0 spiro atoms. The lowest BCUT2D eigenvalue weighted by Gasteiger charge is -2.37. The topological polar surface area (TPSA) is 205 Å². The van der Waals surface area contributed by atoms with E-state index in [2.05, 4.69) is 32.2 Å². The summed E-state index contributed by atoms with van der Waals surface area (Å²) < 4.78 is 1.72. The van der Waals surface area contributed by atoms with Gasteiger partial charge in [0.15, 0.2) is 5.52 Å². The minimum atomic E-state index is -1.20. The Balaban J connectivity index is 0.000000247. The minimum absolute atomic E-state index is 0.0371. The second-order valence-electron chi connectivity index (χ2n) is 8.47. The van der Waals surface area contributed by atoms with Gasteiger partial charge < -0.3 is 25.5 Å². The molecule has 0 aromatic carbocycles. The zero-order valence-electron chi connectivity index (χ0n) is 19.9. The average molecular weight is 492 g/mol. The number of aryl methyl sites for hydroxylation is 1. The number of imide groups is 2. The third-order valence-corrected chi connectivity index (χ3v) is 6.10. The first kappa shape index (κ1) is 27.7. The highest BCUT2D eigenvalue weighted by Crippen LogP contribution is 2.37. The zero-order chi connectivity index (χ0) is 26.2. The Bertz CT molecular complexity index is 1100. The second kappa shape index (κ2) is 12.2. The van der Waals surface area contributed by atoms with E-state index in [0.29, 0.717) is 18.6 Å². The number of aliphatic hydroxyl groups excluding tert-OH is 2. The van der Waals surface area contributed by atoms with E-state index in [4.69, 9.17) is 15.9 Å². The van der Waals surface area contributed by atoms with Crippen LogP contribution in [0.2, 0.25) is 0 Å². The van der Waals surface area contributed by atoms with Gasteiger partial charge in [0.05, 0.1) is 6.33 Å². The molecule has 2 aromatic heterocycles. The summed E-state index contributed by atoms with van der Waals surface area (Å²) in [5.74, 6) is -1.33. The van der Waals surface area contributed by atoms with Crippen LogP contribution in [0.25, 0.3) is 11.2 Å². The van der Waals surface area contributed by atoms with E-state index in [1.165, 1.54) is 6.33 Å². The number of allylic oxidation sites excluding steroid dienone is 1. The van der Waals surface area contributed by atoms with E-state index in [1.54, 1.807) is 10.6 Å². The maximum Gasteiger partial charge on any atom is 0.328 e. The maximum atomic E-state index is 12.0. The standard InChI is InChI=1S/C12H18N2O3.C10H15N5O3/c1-4-6-8(3)12(7-5-2)9(15)13-11(17)14-10(12)16;11-10-13-8-7(9(18)14-10)12-5-15(8)2-1-6(3-16)4-17/h5,8H,2,4,6-7H2,1,3H3,(H2,13,14,15,16,17);5-6,16-17H,1-4H2,(H3,11,13,14,18). The molecule has 3 rings (SSSR count). The molecule has 0 aliphatic carbocycles. The summed E-state index contributed by atoms with van der Waals surface area (Å²) in [4.78, 5) is 56.9. The van der Waals surface area contributed by atoms with Crippen LogP contribution in [-0.4, -0.2) is 60.8 Å². The van der Waals surface area contributed by atoms with E-state index in [9.17, 15) is 19.2 Å². The van der Waals surface area contributed by atoms with Crippen molar-refractivity contribution in [2.24, 2.45) is 17.3 Å². The highest BCUT2D eigenvalue weighted by Gasteiger charge is 2.52. The van der Waals surface area contributed by atoms with Crippen LogP contribution in [0.1, 0.15) is 39.5 Å². The number of nitrogen functional groups attached to an aromatic ring is 1. The fourth-order valence-electron chi connectivity index (χ4n) is 4.02. The van der Waals surface area contributed by atoms with E-state index >= 15 is 0 Å². The molecule has 1 aliphatic heterocycles. The molecule has 1 fully saturated rings. The summed E-state index contributed by atoms with van der Waals surface area (Å²) in [5, 5.41) is 22.3. The third kappa shape index (κ3) is 6.11. The molecule has 1 aliphatic rings. The molecule has 4 amide bonds. The molecule has 2 aromatic rings. The van der Waals surface area contributed by atoms with Crippen LogP contribution in [0.4, 0.5) is 10.7 Å². The van der Waals surface area contributed by atoms with Crippen molar-refractivity contribution in [1.29, 1.82) is 0 Å². The maximum absolute atomic E-state index is 12.0. The van der Waals surface area contributed by atoms with Crippen LogP contribution in [0.3, 0.4) is 0 Å². The lowest BCUT2D eigenvalue weighted by Crippen LogP contribution is -2.64. The number of nitrogens with zero attached hydrogens (tertiary/aromatic N) is 3. The second-order valence-corrected chi connectivity index (χ2v) is 8.47. The number of aromatic nitrogens is 4. The summed E-state index contributed by atoms with van der Waals surface area (Å²) in [6.45, 7) is 7.78. The summed E-state index contributed by atoms with van der Waals surface area (Å²) in [6, 6.07) is -0.747. The Kier molecular flexibility index (Phi) is 9.66. The number of carbonyl (C=O) groups is 3. The van der Waals surface area contributed by atoms with Gasteiger partial charge in [-0.1, -0.05) is 26.3 Å². The monoisotopic (exact) mass is 491 g/mol. The molecule has 35 heavy (non-hydrogen) atoms. The lowest BCUT2D eigenvalue weighted by atomic mass is 9.69. The quantitative estimate of drug-likeness (QED) is 0.196. The number of aliphatic hydroxyl groups is 2. The van der Waals surface area contributed by atoms with Gasteiger partial charge in [0.1, 0.15) is 11.1 Å². The number of imidazole rings is 1.